The Morgan fingerprint density at radius 3 is 2.64 bits per heavy atom. The summed E-state index contributed by atoms with van der Waals surface area (Å²) in [5.41, 5.74) is 1.32. The summed E-state index contributed by atoms with van der Waals surface area (Å²) >= 11 is 0. The van der Waals surface area contributed by atoms with Crippen molar-refractivity contribution in [3.05, 3.63) is 35.9 Å². The van der Waals surface area contributed by atoms with Crippen molar-refractivity contribution in [3.8, 4) is 0 Å². The van der Waals surface area contributed by atoms with E-state index in [1.54, 1.807) is 0 Å². The maximum Gasteiger partial charge on any atom is 0.222 e. The number of carbonyl (C=O) groups excluding carboxylic acids is 1. The van der Waals surface area contributed by atoms with Crippen LogP contribution in [-0.4, -0.2) is 23.9 Å². The maximum absolute atomic E-state index is 11.3. The van der Waals surface area contributed by atoms with E-state index in [1.165, 1.54) is 5.56 Å². The minimum atomic E-state index is 0.283. The molecule has 1 aromatic rings. The zero-order chi connectivity index (χ0) is 9.97. The summed E-state index contributed by atoms with van der Waals surface area (Å²) in [4.78, 5) is 13.2. The third-order valence-corrected chi connectivity index (χ3v) is 2.95. The maximum atomic E-state index is 11.3. The summed E-state index contributed by atoms with van der Waals surface area (Å²) in [6.45, 7) is 0. The Hall–Kier alpha value is -1.31. The molecule has 0 aliphatic carbocycles. The first-order valence-electron chi connectivity index (χ1n) is 5.07. The number of hydrogen-bond donors (Lipinski definition) is 0. The van der Waals surface area contributed by atoms with Crippen molar-refractivity contribution >= 4 is 5.91 Å². The van der Waals surface area contributed by atoms with Crippen LogP contribution in [-0.2, 0) is 11.2 Å². The van der Waals surface area contributed by atoms with E-state index >= 15 is 0 Å². The molecule has 0 aromatic heterocycles. The lowest BCUT2D eigenvalue weighted by molar-refractivity contribution is -0.127. The summed E-state index contributed by atoms with van der Waals surface area (Å²) in [5, 5.41) is 0. The molecule has 1 fully saturated rings. The standard InChI is InChI=1S/C12H15NO/c1-13-11(7-8-12(13)14)9-10-5-3-2-4-6-10/h2-6,11H,7-9H2,1H3. The Morgan fingerprint density at radius 2 is 2.07 bits per heavy atom. The monoisotopic (exact) mass is 189 g/mol. The van der Waals surface area contributed by atoms with Gasteiger partial charge in [-0.3, -0.25) is 4.79 Å². The Morgan fingerprint density at radius 1 is 1.36 bits per heavy atom. The summed E-state index contributed by atoms with van der Waals surface area (Å²) < 4.78 is 0. The second-order valence-corrected chi connectivity index (χ2v) is 3.89. The molecule has 2 heteroatoms. The average molecular weight is 189 g/mol. The van der Waals surface area contributed by atoms with Crippen molar-refractivity contribution in [1.29, 1.82) is 0 Å². The molecule has 0 spiro atoms. The molecule has 1 aliphatic rings. The summed E-state index contributed by atoms with van der Waals surface area (Å²) in [7, 11) is 1.91. The Kier molecular flexibility index (Phi) is 2.53. The molecule has 2 nitrogen and oxygen atoms in total. The van der Waals surface area contributed by atoms with E-state index < -0.39 is 0 Å². The number of hydrogen-bond acceptors (Lipinski definition) is 1. The van der Waals surface area contributed by atoms with Crippen LogP contribution in [0.15, 0.2) is 30.3 Å². The Balaban J connectivity index is 2.02. The van der Waals surface area contributed by atoms with E-state index in [1.807, 2.05) is 30.1 Å². The first-order chi connectivity index (χ1) is 6.77. The lowest BCUT2D eigenvalue weighted by Crippen LogP contribution is -2.30. The number of benzene rings is 1. The van der Waals surface area contributed by atoms with Gasteiger partial charge in [0.2, 0.25) is 5.91 Å². The molecule has 0 radical (unpaired) electrons. The SMILES string of the molecule is CN1C(=O)CCC1Cc1ccccc1. The fourth-order valence-electron chi connectivity index (χ4n) is 1.99. The van der Waals surface area contributed by atoms with Gasteiger partial charge in [0.25, 0.3) is 0 Å². The molecule has 0 N–H and O–H groups in total. The zero-order valence-corrected chi connectivity index (χ0v) is 8.44. The second kappa shape index (κ2) is 3.82. The largest absolute Gasteiger partial charge is 0.342 e. The third-order valence-electron chi connectivity index (χ3n) is 2.95. The van der Waals surface area contributed by atoms with Crippen LogP contribution >= 0.6 is 0 Å². The molecule has 1 unspecified atom stereocenters. The first-order valence-corrected chi connectivity index (χ1v) is 5.07. The van der Waals surface area contributed by atoms with Gasteiger partial charge >= 0.3 is 0 Å². The van der Waals surface area contributed by atoms with Gasteiger partial charge in [0, 0.05) is 19.5 Å². The average Bonchev–Trinajstić information content (AvgIpc) is 2.52. The van der Waals surface area contributed by atoms with Gasteiger partial charge in [0.15, 0.2) is 0 Å². The zero-order valence-electron chi connectivity index (χ0n) is 8.44. The number of likely N-dealkylation sites (tertiary alicyclic amines) is 1. The van der Waals surface area contributed by atoms with Gasteiger partial charge in [-0.15, -0.1) is 0 Å². The highest BCUT2D eigenvalue weighted by atomic mass is 16.2. The van der Waals surface area contributed by atoms with E-state index in [0.29, 0.717) is 12.5 Å². The summed E-state index contributed by atoms with van der Waals surface area (Å²) in [6.07, 6.45) is 2.71. The molecule has 1 heterocycles. The lowest BCUT2D eigenvalue weighted by Gasteiger charge is -2.19. The number of carbonyl (C=O) groups is 1. The Bertz CT molecular complexity index is 320. The van der Waals surface area contributed by atoms with E-state index in [0.717, 1.165) is 12.8 Å². The van der Waals surface area contributed by atoms with Crippen LogP contribution in [0.4, 0.5) is 0 Å². The minimum Gasteiger partial charge on any atom is -0.342 e. The van der Waals surface area contributed by atoms with Crippen LogP contribution < -0.4 is 0 Å². The molecule has 14 heavy (non-hydrogen) atoms. The van der Waals surface area contributed by atoms with Crippen LogP contribution in [0.1, 0.15) is 18.4 Å². The van der Waals surface area contributed by atoms with Crippen molar-refractivity contribution in [2.24, 2.45) is 0 Å². The normalized spacial score (nSPS) is 21.6. The van der Waals surface area contributed by atoms with Crippen molar-refractivity contribution in [2.45, 2.75) is 25.3 Å². The fourth-order valence-corrected chi connectivity index (χ4v) is 1.99. The second-order valence-electron chi connectivity index (χ2n) is 3.89. The van der Waals surface area contributed by atoms with Gasteiger partial charge in [0.1, 0.15) is 0 Å². The predicted molar refractivity (Wildman–Crippen MR) is 55.9 cm³/mol. The van der Waals surface area contributed by atoms with Crippen molar-refractivity contribution in [3.63, 3.8) is 0 Å². The molecule has 1 amide bonds. The highest BCUT2D eigenvalue weighted by Crippen LogP contribution is 2.20. The molecule has 74 valence electrons. The van der Waals surface area contributed by atoms with Gasteiger partial charge in [-0.1, -0.05) is 30.3 Å². The van der Waals surface area contributed by atoms with Gasteiger partial charge in [-0.2, -0.15) is 0 Å². The molecular formula is C12H15NO. The number of likely N-dealkylation sites (N-methyl/N-ethyl adjacent to an activating group) is 1. The predicted octanol–water partition coefficient (Wildman–Crippen LogP) is 1.85. The van der Waals surface area contributed by atoms with E-state index in [9.17, 15) is 4.79 Å². The Labute approximate surface area is 84.5 Å². The van der Waals surface area contributed by atoms with E-state index in [2.05, 4.69) is 12.1 Å². The van der Waals surface area contributed by atoms with Gasteiger partial charge in [-0.05, 0) is 18.4 Å². The molecule has 2 rings (SSSR count). The summed E-state index contributed by atoms with van der Waals surface area (Å²) in [5.74, 6) is 0.283. The van der Waals surface area contributed by atoms with Gasteiger partial charge in [-0.25, -0.2) is 0 Å². The van der Waals surface area contributed by atoms with Crippen LogP contribution in [0.5, 0.6) is 0 Å². The first kappa shape index (κ1) is 9.25. The van der Waals surface area contributed by atoms with Crippen molar-refractivity contribution < 1.29 is 4.79 Å². The number of amides is 1. The third kappa shape index (κ3) is 1.79. The number of nitrogens with zero attached hydrogens (tertiary/aromatic N) is 1. The molecular weight excluding hydrogens is 174 g/mol. The quantitative estimate of drug-likeness (QED) is 0.695. The topological polar surface area (TPSA) is 20.3 Å². The van der Waals surface area contributed by atoms with Crippen molar-refractivity contribution in [2.75, 3.05) is 7.05 Å². The fraction of sp³-hybridized carbons (Fsp3) is 0.417. The van der Waals surface area contributed by atoms with Crippen molar-refractivity contribution in [1.82, 2.24) is 4.90 Å². The van der Waals surface area contributed by atoms with Gasteiger partial charge in [0.05, 0.1) is 0 Å². The molecule has 1 atom stereocenters. The molecule has 1 aliphatic heterocycles. The molecule has 1 aromatic carbocycles. The summed E-state index contributed by atoms with van der Waals surface area (Å²) in [6, 6.07) is 10.8. The van der Waals surface area contributed by atoms with E-state index in [4.69, 9.17) is 0 Å². The van der Waals surface area contributed by atoms with Gasteiger partial charge < -0.3 is 4.90 Å². The molecule has 0 saturated carbocycles. The molecule has 0 bridgehead atoms. The highest BCUT2D eigenvalue weighted by molar-refractivity contribution is 5.78. The number of rotatable bonds is 2. The van der Waals surface area contributed by atoms with Crippen LogP contribution in [0.25, 0.3) is 0 Å². The van der Waals surface area contributed by atoms with E-state index in [-0.39, 0.29) is 5.91 Å². The van der Waals surface area contributed by atoms with Crippen LogP contribution in [0.3, 0.4) is 0 Å². The lowest BCUT2D eigenvalue weighted by atomic mass is 10.0. The molecule has 1 saturated heterocycles. The van der Waals surface area contributed by atoms with Crippen LogP contribution in [0, 0.1) is 0 Å². The minimum absolute atomic E-state index is 0.283. The smallest absolute Gasteiger partial charge is 0.222 e. The highest BCUT2D eigenvalue weighted by Gasteiger charge is 2.27. The van der Waals surface area contributed by atoms with Crippen LogP contribution in [0.2, 0.25) is 0 Å².